The van der Waals surface area contributed by atoms with Gasteiger partial charge in [-0.05, 0) is 30.2 Å². The molecular weight excluding hydrogens is 328 g/mol. The number of nitrogens with two attached hydrogens (primary N) is 1. The summed E-state index contributed by atoms with van der Waals surface area (Å²) in [5.41, 5.74) is 9.53. The molecule has 3 aromatic rings. The standard InChI is InChI=1S/C18H17ClN2OS/c1-12-7-14(19)8-15(16-11-23-17(9-20)21-16)18(12)22-10-13-5-3-2-4-6-13/h2-8,11H,9-10,20H2,1H3. The Kier molecular flexibility index (Phi) is 4.96. The highest BCUT2D eigenvalue weighted by Crippen LogP contribution is 2.36. The fourth-order valence-corrected chi connectivity index (χ4v) is 3.32. The zero-order chi connectivity index (χ0) is 16.2. The lowest BCUT2D eigenvalue weighted by molar-refractivity contribution is 0.305. The number of hydrogen-bond donors (Lipinski definition) is 1. The molecule has 2 N–H and O–H groups in total. The van der Waals surface area contributed by atoms with E-state index >= 15 is 0 Å². The highest BCUT2D eigenvalue weighted by atomic mass is 35.5. The topological polar surface area (TPSA) is 48.1 Å². The molecule has 0 saturated heterocycles. The highest BCUT2D eigenvalue weighted by molar-refractivity contribution is 7.09. The van der Waals surface area contributed by atoms with Crippen molar-refractivity contribution in [2.75, 3.05) is 0 Å². The van der Waals surface area contributed by atoms with Gasteiger partial charge in [0.25, 0.3) is 0 Å². The number of rotatable bonds is 5. The maximum absolute atomic E-state index is 6.23. The zero-order valence-electron chi connectivity index (χ0n) is 12.8. The molecule has 3 nitrogen and oxygen atoms in total. The Balaban J connectivity index is 1.95. The van der Waals surface area contributed by atoms with E-state index in [1.807, 2.05) is 54.8 Å². The van der Waals surface area contributed by atoms with Crippen molar-refractivity contribution in [1.82, 2.24) is 4.98 Å². The number of nitrogens with zero attached hydrogens (tertiary/aromatic N) is 1. The predicted molar refractivity (Wildman–Crippen MR) is 96.0 cm³/mol. The molecule has 2 aromatic carbocycles. The van der Waals surface area contributed by atoms with E-state index in [9.17, 15) is 0 Å². The van der Waals surface area contributed by atoms with Gasteiger partial charge in [-0.25, -0.2) is 4.98 Å². The van der Waals surface area contributed by atoms with Crippen LogP contribution in [0, 0.1) is 6.92 Å². The number of ether oxygens (including phenoxy) is 1. The minimum absolute atomic E-state index is 0.435. The number of thiazole rings is 1. The molecule has 5 heteroatoms. The zero-order valence-corrected chi connectivity index (χ0v) is 14.3. The summed E-state index contributed by atoms with van der Waals surface area (Å²) in [6.45, 7) is 2.93. The van der Waals surface area contributed by atoms with E-state index in [1.54, 1.807) is 11.3 Å². The van der Waals surface area contributed by atoms with Gasteiger partial charge < -0.3 is 10.5 Å². The number of benzene rings is 2. The Bertz CT molecular complexity index is 802. The molecule has 3 rings (SSSR count). The van der Waals surface area contributed by atoms with Crippen molar-refractivity contribution >= 4 is 22.9 Å². The van der Waals surface area contributed by atoms with Gasteiger partial charge in [-0.15, -0.1) is 11.3 Å². The van der Waals surface area contributed by atoms with Gasteiger partial charge in [0.2, 0.25) is 0 Å². The molecule has 0 aliphatic rings. The molecule has 0 aliphatic heterocycles. The third-order valence-electron chi connectivity index (χ3n) is 3.47. The molecule has 0 spiro atoms. The quantitative estimate of drug-likeness (QED) is 0.722. The van der Waals surface area contributed by atoms with Crippen molar-refractivity contribution < 1.29 is 4.74 Å². The van der Waals surface area contributed by atoms with Crippen LogP contribution < -0.4 is 10.5 Å². The lowest BCUT2D eigenvalue weighted by Crippen LogP contribution is -2.00. The van der Waals surface area contributed by atoms with Crippen LogP contribution in [-0.2, 0) is 13.2 Å². The van der Waals surface area contributed by atoms with Crippen molar-refractivity contribution in [2.45, 2.75) is 20.1 Å². The van der Waals surface area contributed by atoms with E-state index in [2.05, 4.69) is 4.98 Å². The van der Waals surface area contributed by atoms with Gasteiger partial charge in [0.15, 0.2) is 0 Å². The summed E-state index contributed by atoms with van der Waals surface area (Å²) in [5, 5.41) is 3.56. The normalized spacial score (nSPS) is 10.7. The van der Waals surface area contributed by atoms with Crippen molar-refractivity contribution in [3.8, 4) is 17.0 Å². The molecular formula is C18H17ClN2OS. The van der Waals surface area contributed by atoms with Crippen LogP contribution in [0.25, 0.3) is 11.3 Å². The Morgan fingerprint density at radius 1 is 1.22 bits per heavy atom. The number of halogens is 1. The lowest BCUT2D eigenvalue weighted by atomic mass is 10.1. The van der Waals surface area contributed by atoms with Gasteiger partial charge in [0, 0.05) is 22.5 Å². The first-order valence-corrected chi connectivity index (χ1v) is 8.55. The van der Waals surface area contributed by atoms with E-state index in [0.29, 0.717) is 18.2 Å². The maximum atomic E-state index is 6.23. The second kappa shape index (κ2) is 7.13. The predicted octanol–water partition coefficient (Wildman–Crippen LogP) is 4.81. The second-order valence-electron chi connectivity index (χ2n) is 5.20. The second-order valence-corrected chi connectivity index (χ2v) is 6.58. The number of hydrogen-bond acceptors (Lipinski definition) is 4. The molecule has 0 bridgehead atoms. The fraction of sp³-hybridized carbons (Fsp3) is 0.167. The van der Waals surface area contributed by atoms with Gasteiger partial charge in [-0.1, -0.05) is 41.9 Å². The van der Waals surface area contributed by atoms with Gasteiger partial charge in [0.05, 0.1) is 5.69 Å². The van der Waals surface area contributed by atoms with Crippen molar-refractivity contribution in [1.29, 1.82) is 0 Å². The van der Waals surface area contributed by atoms with Crippen LogP contribution >= 0.6 is 22.9 Å². The molecule has 0 aliphatic carbocycles. The summed E-state index contributed by atoms with van der Waals surface area (Å²) in [7, 11) is 0. The largest absolute Gasteiger partial charge is 0.488 e. The summed E-state index contributed by atoms with van der Waals surface area (Å²) in [6.07, 6.45) is 0. The molecule has 0 atom stereocenters. The summed E-state index contributed by atoms with van der Waals surface area (Å²) < 4.78 is 6.08. The molecule has 0 fully saturated rings. The number of aromatic nitrogens is 1. The average molecular weight is 345 g/mol. The molecule has 23 heavy (non-hydrogen) atoms. The minimum Gasteiger partial charge on any atom is -0.488 e. The van der Waals surface area contributed by atoms with Gasteiger partial charge in [-0.3, -0.25) is 0 Å². The number of aryl methyl sites for hydroxylation is 1. The van der Waals surface area contributed by atoms with Gasteiger partial charge >= 0.3 is 0 Å². The first-order valence-electron chi connectivity index (χ1n) is 7.29. The molecule has 0 unspecified atom stereocenters. The van der Waals surface area contributed by atoms with Crippen LogP contribution in [0.2, 0.25) is 5.02 Å². The monoisotopic (exact) mass is 344 g/mol. The van der Waals surface area contributed by atoms with Crippen molar-refractivity contribution in [3.05, 3.63) is 69.0 Å². The third-order valence-corrected chi connectivity index (χ3v) is 4.56. The Morgan fingerprint density at radius 3 is 2.70 bits per heavy atom. The van der Waals surface area contributed by atoms with E-state index in [0.717, 1.165) is 33.1 Å². The van der Waals surface area contributed by atoms with Crippen LogP contribution in [0.15, 0.2) is 47.8 Å². The SMILES string of the molecule is Cc1cc(Cl)cc(-c2csc(CN)n2)c1OCc1ccccc1. The van der Waals surface area contributed by atoms with Gasteiger partial charge in [0.1, 0.15) is 17.4 Å². The first kappa shape index (κ1) is 16.0. The molecule has 0 amide bonds. The molecule has 1 heterocycles. The highest BCUT2D eigenvalue weighted by Gasteiger charge is 2.14. The van der Waals surface area contributed by atoms with Crippen LogP contribution in [0.5, 0.6) is 5.75 Å². The fourth-order valence-electron chi connectivity index (χ4n) is 2.37. The third kappa shape index (κ3) is 3.72. The summed E-state index contributed by atoms with van der Waals surface area (Å²) >= 11 is 7.77. The van der Waals surface area contributed by atoms with E-state index in [1.165, 1.54) is 0 Å². The van der Waals surface area contributed by atoms with Crippen LogP contribution in [0.3, 0.4) is 0 Å². The molecule has 1 aromatic heterocycles. The van der Waals surface area contributed by atoms with E-state index in [4.69, 9.17) is 22.1 Å². The lowest BCUT2D eigenvalue weighted by Gasteiger charge is -2.14. The van der Waals surface area contributed by atoms with E-state index < -0.39 is 0 Å². The average Bonchev–Trinajstić information content (AvgIpc) is 3.03. The Hall–Kier alpha value is -1.88. The minimum atomic E-state index is 0.435. The summed E-state index contributed by atoms with van der Waals surface area (Å²) in [6, 6.07) is 13.9. The summed E-state index contributed by atoms with van der Waals surface area (Å²) in [5.74, 6) is 0.812. The van der Waals surface area contributed by atoms with Gasteiger partial charge in [-0.2, -0.15) is 0 Å². The Labute approximate surface area is 144 Å². The first-order chi connectivity index (χ1) is 11.2. The Morgan fingerprint density at radius 2 is 2.00 bits per heavy atom. The van der Waals surface area contributed by atoms with Crippen molar-refractivity contribution in [2.24, 2.45) is 5.73 Å². The molecule has 0 saturated carbocycles. The smallest absolute Gasteiger partial charge is 0.132 e. The summed E-state index contributed by atoms with van der Waals surface area (Å²) in [4.78, 5) is 4.55. The maximum Gasteiger partial charge on any atom is 0.132 e. The van der Waals surface area contributed by atoms with E-state index in [-0.39, 0.29) is 0 Å². The van der Waals surface area contributed by atoms with Crippen LogP contribution in [0.4, 0.5) is 0 Å². The van der Waals surface area contributed by atoms with Crippen molar-refractivity contribution in [3.63, 3.8) is 0 Å². The molecule has 0 radical (unpaired) electrons. The van der Waals surface area contributed by atoms with Crippen LogP contribution in [0.1, 0.15) is 16.1 Å². The molecule has 118 valence electrons. The van der Waals surface area contributed by atoms with Crippen LogP contribution in [-0.4, -0.2) is 4.98 Å².